The van der Waals surface area contributed by atoms with Crippen molar-refractivity contribution in [3.8, 4) is 0 Å². The minimum Gasteiger partial charge on any atom is -0.475 e. The van der Waals surface area contributed by atoms with Crippen LogP contribution in [0.2, 0.25) is 0 Å². The molecule has 2 rings (SSSR count). The van der Waals surface area contributed by atoms with Crippen molar-refractivity contribution in [1.29, 1.82) is 0 Å². The summed E-state index contributed by atoms with van der Waals surface area (Å²) in [5, 5.41) is 10.5. The number of carboxylic acids is 1. The monoisotopic (exact) mass is 285 g/mol. The highest BCUT2D eigenvalue weighted by Crippen LogP contribution is 2.19. The Balaban J connectivity index is 2.23. The second kappa shape index (κ2) is 5.08. The molecule has 0 atom stereocenters. The third-order valence-corrected chi connectivity index (χ3v) is 2.30. The van der Waals surface area contributed by atoms with E-state index in [1.54, 1.807) is 0 Å². The minimum atomic E-state index is -1.40. The van der Waals surface area contributed by atoms with Crippen LogP contribution >= 0.6 is 0 Å². The molecule has 0 radical (unpaired) electrons. The number of carboxylic acid groups (broad SMARTS) is 1. The molecular weight excluding hydrogens is 279 g/mol. The summed E-state index contributed by atoms with van der Waals surface area (Å²) < 4.78 is 43.6. The maximum absolute atomic E-state index is 13.3. The number of benzene rings is 1. The standard InChI is InChI=1S/C12H6F3NO4/c13-5-3-7(15)8(4-6(5)14)16-11(17)9-1-2-10(20-9)12(18)19/h1-4H,(H,16,17)(H,18,19). The van der Waals surface area contributed by atoms with Gasteiger partial charge in [-0.25, -0.2) is 18.0 Å². The predicted octanol–water partition coefficient (Wildman–Crippen LogP) is 2.65. The summed E-state index contributed by atoms with van der Waals surface area (Å²) >= 11 is 0. The predicted molar refractivity (Wildman–Crippen MR) is 59.9 cm³/mol. The Bertz CT molecular complexity index is 696. The number of anilines is 1. The van der Waals surface area contributed by atoms with Crippen molar-refractivity contribution in [1.82, 2.24) is 0 Å². The summed E-state index contributed by atoms with van der Waals surface area (Å²) in [6, 6.07) is 2.81. The second-order valence-electron chi connectivity index (χ2n) is 3.67. The van der Waals surface area contributed by atoms with Crippen LogP contribution in [0.15, 0.2) is 28.7 Å². The van der Waals surface area contributed by atoms with Crippen LogP contribution in [0, 0.1) is 17.5 Å². The van der Waals surface area contributed by atoms with Gasteiger partial charge in [0.05, 0.1) is 5.69 Å². The van der Waals surface area contributed by atoms with E-state index in [0.29, 0.717) is 6.07 Å². The zero-order valence-corrected chi connectivity index (χ0v) is 9.62. The van der Waals surface area contributed by atoms with Crippen molar-refractivity contribution in [2.75, 3.05) is 5.32 Å². The summed E-state index contributed by atoms with van der Waals surface area (Å²) in [6.07, 6.45) is 0. The molecule has 0 aliphatic carbocycles. The van der Waals surface area contributed by atoms with Crippen LogP contribution in [-0.4, -0.2) is 17.0 Å². The lowest BCUT2D eigenvalue weighted by molar-refractivity contribution is 0.0660. The van der Waals surface area contributed by atoms with E-state index < -0.39 is 46.5 Å². The van der Waals surface area contributed by atoms with Crippen molar-refractivity contribution >= 4 is 17.6 Å². The van der Waals surface area contributed by atoms with Crippen molar-refractivity contribution < 1.29 is 32.3 Å². The Morgan fingerprint density at radius 2 is 1.60 bits per heavy atom. The van der Waals surface area contributed by atoms with Gasteiger partial charge in [0.15, 0.2) is 17.4 Å². The van der Waals surface area contributed by atoms with E-state index in [0.717, 1.165) is 12.1 Å². The SMILES string of the molecule is O=C(O)c1ccc(C(=O)Nc2cc(F)c(F)cc2F)o1. The average molecular weight is 285 g/mol. The molecule has 0 fully saturated rings. The fourth-order valence-corrected chi connectivity index (χ4v) is 1.38. The van der Waals surface area contributed by atoms with Gasteiger partial charge in [-0.1, -0.05) is 0 Å². The summed E-state index contributed by atoms with van der Waals surface area (Å²) in [6.45, 7) is 0. The average Bonchev–Trinajstić information content (AvgIpc) is 2.85. The third kappa shape index (κ3) is 2.63. The maximum Gasteiger partial charge on any atom is 0.371 e. The number of rotatable bonds is 3. The molecule has 2 N–H and O–H groups in total. The lowest BCUT2D eigenvalue weighted by Gasteiger charge is -2.05. The molecule has 20 heavy (non-hydrogen) atoms. The first-order valence-electron chi connectivity index (χ1n) is 5.17. The highest BCUT2D eigenvalue weighted by atomic mass is 19.2. The Kier molecular flexibility index (Phi) is 3.47. The van der Waals surface area contributed by atoms with E-state index in [-0.39, 0.29) is 6.07 Å². The van der Waals surface area contributed by atoms with Gasteiger partial charge >= 0.3 is 5.97 Å². The van der Waals surface area contributed by atoms with E-state index >= 15 is 0 Å². The van der Waals surface area contributed by atoms with E-state index in [9.17, 15) is 22.8 Å². The van der Waals surface area contributed by atoms with Crippen LogP contribution in [-0.2, 0) is 0 Å². The fourth-order valence-electron chi connectivity index (χ4n) is 1.38. The van der Waals surface area contributed by atoms with Gasteiger partial charge in [-0.15, -0.1) is 0 Å². The maximum atomic E-state index is 13.3. The number of carbonyl (C=O) groups excluding carboxylic acids is 1. The first-order chi connectivity index (χ1) is 9.38. The first kappa shape index (κ1) is 13.7. The molecule has 8 heteroatoms. The Morgan fingerprint density at radius 1 is 1.00 bits per heavy atom. The van der Waals surface area contributed by atoms with Gasteiger partial charge in [0.2, 0.25) is 5.76 Å². The number of hydrogen-bond donors (Lipinski definition) is 2. The molecule has 0 spiro atoms. The quantitative estimate of drug-likeness (QED) is 0.850. The topological polar surface area (TPSA) is 79.5 Å². The smallest absolute Gasteiger partial charge is 0.371 e. The number of halogens is 3. The Morgan fingerprint density at radius 3 is 2.20 bits per heavy atom. The van der Waals surface area contributed by atoms with Gasteiger partial charge < -0.3 is 14.8 Å². The van der Waals surface area contributed by atoms with E-state index in [2.05, 4.69) is 4.42 Å². The highest BCUT2D eigenvalue weighted by Gasteiger charge is 2.17. The Hall–Kier alpha value is -2.77. The van der Waals surface area contributed by atoms with Crippen LogP contribution in [0.3, 0.4) is 0 Å². The van der Waals surface area contributed by atoms with Crippen molar-refractivity contribution in [2.45, 2.75) is 0 Å². The molecule has 104 valence electrons. The van der Waals surface area contributed by atoms with Crippen LogP contribution < -0.4 is 5.32 Å². The number of carbonyl (C=O) groups is 2. The van der Waals surface area contributed by atoms with Gasteiger partial charge in [-0.2, -0.15) is 0 Å². The molecule has 0 saturated heterocycles. The van der Waals surface area contributed by atoms with E-state index in [1.807, 2.05) is 5.32 Å². The van der Waals surface area contributed by atoms with Crippen molar-refractivity contribution in [3.05, 3.63) is 53.2 Å². The molecule has 1 aromatic carbocycles. The molecule has 1 heterocycles. The number of hydrogen-bond acceptors (Lipinski definition) is 3. The second-order valence-corrected chi connectivity index (χ2v) is 3.67. The lowest BCUT2D eigenvalue weighted by atomic mass is 10.2. The summed E-state index contributed by atoms with van der Waals surface area (Å²) in [5.74, 6) is -7.20. The molecule has 0 bridgehead atoms. The summed E-state index contributed by atoms with van der Waals surface area (Å²) in [7, 11) is 0. The molecule has 1 aromatic heterocycles. The molecule has 5 nitrogen and oxygen atoms in total. The van der Waals surface area contributed by atoms with Gasteiger partial charge in [0, 0.05) is 12.1 Å². The highest BCUT2D eigenvalue weighted by molar-refractivity contribution is 6.03. The number of amides is 1. The zero-order valence-electron chi connectivity index (χ0n) is 9.62. The van der Waals surface area contributed by atoms with Crippen molar-refractivity contribution in [3.63, 3.8) is 0 Å². The molecule has 0 saturated carbocycles. The number of nitrogens with one attached hydrogen (secondary N) is 1. The van der Waals surface area contributed by atoms with Gasteiger partial charge in [0.25, 0.3) is 5.91 Å². The van der Waals surface area contributed by atoms with E-state index in [1.165, 1.54) is 0 Å². The van der Waals surface area contributed by atoms with Crippen molar-refractivity contribution in [2.24, 2.45) is 0 Å². The number of furan rings is 1. The van der Waals surface area contributed by atoms with Crippen LogP contribution in [0.25, 0.3) is 0 Å². The summed E-state index contributed by atoms with van der Waals surface area (Å²) in [5.41, 5.74) is -0.595. The first-order valence-corrected chi connectivity index (χ1v) is 5.17. The van der Waals surface area contributed by atoms with Gasteiger partial charge in [0.1, 0.15) is 5.82 Å². The molecule has 2 aromatic rings. The molecule has 0 aliphatic heterocycles. The van der Waals surface area contributed by atoms with Crippen LogP contribution in [0.4, 0.5) is 18.9 Å². The molecular formula is C12H6F3NO4. The summed E-state index contributed by atoms with van der Waals surface area (Å²) in [4.78, 5) is 22.2. The molecule has 0 aliphatic rings. The molecule has 0 unspecified atom stereocenters. The van der Waals surface area contributed by atoms with Gasteiger partial charge in [-0.05, 0) is 12.1 Å². The van der Waals surface area contributed by atoms with E-state index in [4.69, 9.17) is 5.11 Å². The van der Waals surface area contributed by atoms with Crippen LogP contribution in [0.1, 0.15) is 21.1 Å². The fraction of sp³-hybridized carbons (Fsp3) is 0. The largest absolute Gasteiger partial charge is 0.475 e. The Labute approximate surface area is 109 Å². The minimum absolute atomic E-state index is 0.274. The number of aromatic carboxylic acids is 1. The third-order valence-electron chi connectivity index (χ3n) is 2.30. The zero-order chi connectivity index (χ0) is 14.9. The van der Waals surface area contributed by atoms with Gasteiger partial charge in [-0.3, -0.25) is 4.79 Å². The lowest BCUT2D eigenvalue weighted by Crippen LogP contribution is -2.12. The normalized spacial score (nSPS) is 10.3. The molecule has 1 amide bonds. The van der Waals surface area contributed by atoms with Crippen LogP contribution in [0.5, 0.6) is 0 Å².